The normalized spacial score (nSPS) is 15.4. The minimum Gasteiger partial charge on any atom is -0.395 e. The van der Waals surface area contributed by atoms with Gasteiger partial charge in [0.15, 0.2) is 0 Å². The molecule has 0 bridgehead atoms. The van der Waals surface area contributed by atoms with Crippen molar-refractivity contribution in [1.82, 2.24) is 5.32 Å². The Hall–Kier alpha value is -1.07. The smallest absolute Gasteiger partial charge is 0.395 e. The highest BCUT2D eigenvalue weighted by molar-refractivity contribution is 5.26. The van der Waals surface area contributed by atoms with E-state index in [0.717, 1.165) is 6.07 Å². The van der Waals surface area contributed by atoms with Crippen LogP contribution in [0.5, 0.6) is 0 Å². The van der Waals surface area contributed by atoms with Gasteiger partial charge in [0.2, 0.25) is 0 Å². The average Bonchev–Trinajstić information content (AvgIpc) is 2.34. The van der Waals surface area contributed by atoms with E-state index in [1.54, 1.807) is 6.07 Å². The first-order chi connectivity index (χ1) is 9.24. The van der Waals surface area contributed by atoms with E-state index in [2.05, 4.69) is 5.32 Å². The summed E-state index contributed by atoms with van der Waals surface area (Å²) < 4.78 is 37.9. The van der Waals surface area contributed by atoms with Crippen molar-refractivity contribution in [2.24, 2.45) is 5.92 Å². The molecule has 2 N–H and O–H groups in total. The second kappa shape index (κ2) is 7.09. The summed E-state index contributed by atoms with van der Waals surface area (Å²) in [6, 6.07) is 5.33. The Kier molecular flexibility index (Phi) is 6.02. The molecule has 20 heavy (non-hydrogen) atoms. The lowest BCUT2D eigenvalue weighted by Gasteiger charge is -2.25. The quantitative estimate of drug-likeness (QED) is 0.842. The molecule has 1 aromatic rings. The minimum absolute atomic E-state index is 0.00182. The first kappa shape index (κ1) is 17.0. The Bertz CT molecular complexity index is 418. The van der Waals surface area contributed by atoms with Gasteiger partial charge in [0.1, 0.15) is 0 Å². The Balaban J connectivity index is 2.69. The van der Waals surface area contributed by atoms with Crippen LogP contribution in [0.1, 0.15) is 31.9 Å². The molecule has 114 valence electrons. The Morgan fingerprint density at radius 2 is 1.85 bits per heavy atom. The summed E-state index contributed by atoms with van der Waals surface area (Å²) in [7, 11) is 0. The van der Waals surface area contributed by atoms with E-state index in [1.165, 1.54) is 12.1 Å². The van der Waals surface area contributed by atoms with Crippen LogP contribution in [0.3, 0.4) is 0 Å². The largest absolute Gasteiger partial charge is 0.416 e. The fraction of sp³-hybridized carbons (Fsp3) is 0.600. The summed E-state index contributed by atoms with van der Waals surface area (Å²) in [5.41, 5.74) is 0.0186. The second-order valence-electron chi connectivity index (χ2n) is 5.50. The molecule has 1 aromatic carbocycles. The summed E-state index contributed by atoms with van der Waals surface area (Å²) in [5, 5.41) is 12.5. The first-order valence-electron chi connectivity index (χ1n) is 6.77. The average molecular weight is 289 g/mol. The molecular formula is C15H22F3NO. The van der Waals surface area contributed by atoms with Gasteiger partial charge in [-0.2, -0.15) is 13.2 Å². The SMILES string of the molecule is CC(Cc1cccc(C(F)(F)F)c1)NC(CO)C(C)C. The van der Waals surface area contributed by atoms with Gasteiger partial charge < -0.3 is 10.4 Å². The number of alkyl halides is 3. The maximum absolute atomic E-state index is 12.6. The zero-order valence-corrected chi connectivity index (χ0v) is 12.0. The van der Waals surface area contributed by atoms with Gasteiger partial charge in [-0.1, -0.05) is 32.0 Å². The zero-order chi connectivity index (χ0) is 15.3. The van der Waals surface area contributed by atoms with Crippen LogP contribution in [0, 0.1) is 5.92 Å². The number of halogens is 3. The molecule has 0 saturated heterocycles. The van der Waals surface area contributed by atoms with Gasteiger partial charge in [0.25, 0.3) is 0 Å². The van der Waals surface area contributed by atoms with Crippen LogP contribution in [0.4, 0.5) is 13.2 Å². The van der Waals surface area contributed by atoms with Gasteiger partial charge in [-0.05, 0) is 30.9 Å². The molecule has 0 fully saturated rings. The summed E-state index contributed by atoms with van der Waals surface area (Å²) in [6.45, 7) is 5.91. The van der Waals surface area contributed by atoms with E-state index in [0.29, 0.717) is 12.0 Å². The van der Waals surface area contributed by atoms with E-state index < -0.39 is 11.7 Å². The minimum atomic E-state index is -4.31. The molecule has 0 aliphatic carbocycles. The molecule has 0 heterocycles. The van der Waals surface area contributed by atoms with E-state index in [1.807, 2.05) is 20.8 Å². The number of hydrogen-bond donors (Lipinski definition) is 2. The molecule has 0 aliphatic heterocycles. The summed E-state index contributed by atoms with van der Waals surface area (Å²) in [4.78, 5) is 0. The third kappa shape index (κ3) is 5.13. The van der Waals surface area contributed by atoms with Crippen molar-refractivity contribution in [1.29, 1.82) is 0 Å². The third-order valence-electron chi connectivity index (χ3n) is 3.30. The topological polar surface area (TPSA) is 32.3 Å². The monoisotopic (exact) mass is 289 g/mol. The first-order valence-corrected chi connectivity index (χ1v) is 6.77. The molecule has 0 aliphatic rings. The van der Waals surface area contributed by atoms with E-state index >= 15 is 0 Å². The number of rotatable bonds is 6. The van der Waals surface area contributed by atoms with Gasteiger partial charge in [-0.25, -0.2) is 0 Å². The lowest BCUT2D eigenvalue weighted by atomic mass is 10.0. The highest BCUT2D eigenvalue weighted by atomic mass is 19.4. The highest BCUT2D eigenvalue weighted by Gasteiger charge is 2.30. The fourth-order valence-electron chi connectivity index (χ4n) is 2.11. The maximum Gasteiger partial charge on any atom is 0.416 e. The zero-order valence-electron chi connectivity index (χ0n) is 12.0. The molecule has 5 heteroatoms. The number of nitrogens with one attached hydrogen (secondary N) is 1. The van der Waals surface area contributed by atoms with E-state index in [9.17, 15) is 18.3 Å². The predicted molar refractivity (Wildman–Crippen MR) is 73.5 cm³/mol. The Labute approximate surface area is 118 Å². The number of aliphatic hydroxyl groups excluding tert-OH is 1. The lowest BCUT2D eigenvalue weighted by molar-refractivity contribution is -0.137. The number of benzene rings is 1. The van der Waals surface area contributed by atoms with Crippen LogP contribution in [-0.2, 0) is 12.6 Å². The van der Waals surface area contributed by atoms with Crippen molar-refractivity contribution >= 4 is 0 Å². The summed E-state index contributed by atoms with van der Waals surface area (Å²) in [6.07, 6.45) is -3.81. The van der Waals surface area contributed by atoms with E-state index in [4.69, 9.17) is 0 Å². The maximum atomic E-state index is 12.6. The molecule has 0 amide bonds. The summed E-state index contributed by atoms with van der Waals surface area (Å²) in [5.74, 6) is 0.268. The van der Waals surface area contributed by atoms with Crippen molar-refractivity contribution in [3.63, 3.8) is 0 Å². The molecule has 0 aromatic heterocycles. The molecule has 0 saturated carbocycles. The molecule has 2 atom stereocenters. The highest BCUT2D eigenvalue weighted by Crippen LogP contribution is 2.29. The van der Waals surface area contributed by atoms with Crippen LogP contribution in [-0.4, -0.2) is 23.8 Å². The van der Waals surface area contributed by atoms with Crippen molar-refractivity contribution in [3.05, 3.63) is 35.4 Å². The van der Waals surface area contributed by atoms with Gasteiger partial charge in [0, 0.05) is 12.1 Å². The van der Waals surface area contributed by atoms with Gasteiger partial charge in [-0.15, -0.1) is 0 Å². The van der Waals surface area contributed by atoms with Gasteiger partial charge in [-0.3, -0.25) is 0 Å². The molecule has 0 spiro atoms. The number of aliphatic hydroxyl groups is 1. The standard InChI is InChI=1S/C15H22F3NO/c1-10(2)14(9-20)19-11(3)7-12-5-4-6-13(8-12)15(16,17)18/h4-6,8,10-11,14,19-20H,7,9H2,1-3H3. The van der Waals surface area contributed by atoms with Crippen molar-refractivity contribution in [3.8, 4) is 0 Å². The van der Waals surface area contributed by atoms with Crippen LogP contribution in [0.2, 0.25) is 0 Å². The van der Waals surface area contributed by atoms with Crippen LogP contribution < -0.4 is 5.32 Å². The predicted octanol–water partition coefficient (Wildman–Crippen LogP) is 3.24. The molecular weight excluding hydrogens is 267 g/mol. The Morgan fingerprint density at radius 1 is 1.20 bits per heavy atom. The second-order valence-corrected chi connectivity index (χ2v) is 5.50. The van der Waals surface area contributed by atoms with Crippen LogP contribution in [0.15, 0.2) is 24.3 Å². The van der Waals surface area contributed by atoms with Crippen molar-refractivity contribution in [2.75, 3.05) is 6.61 Å². The Morgan fingerprint density at radius 3 is 2.35 bits per heavy atom. The lowest BCUT2D eigenvalue weighted by Crippen LogP contribution is -2.43. The van der Waals surface area contributed by atoms with E-state index in [-0.39, 0.29) is 24.6 Å². The van der Waals surface area contributed by atoms with Gasteiger partial charge >= 0.3 is 6.18 Å². The van der Waals surface area contributed by atoms with Crippen molar-refractivity contribution in [2.45, 2.75) is 45.5 Å². The molecule has 0 radical (unpaired) electrons. The van der Waals surface area contributed by atoms with Crippen molar-refractivity contribution < 1.29 is 18.3 Å². The number of hydrogen-bond acceptors (Lipinski definition) is 2. The van der Waals surface area contributed by atoms with Gasteiger partial charge in [0.05, 0.1) is 12.2 Å². The third-order valence-corrected chi connectivity index (χ3v) is 3.30. The molecule has 1 rings (SSSR count). The molecule has 2 unspecified atom stereocenters. The van der Waals surface area contributed by atoms with Crippen LogP contribution in [0.25, 0.3) is 0 Å². The fourth-order valence-corrected chi connectivity index (χ4v) is 2.11. The van der Waals surface area contributed by atoms with Crippen LogP contribution >= 0.6 is 0 Å². The summed E-state index contributed by atoms with van der Waals surface area (Å²) >= 11 is 0. The molecule has 2 nitrogen and oxygen atoms in total.